The summed E-state index contributed by atoms with van der Waals surface area (Å²) in [5, 5.41) is 4.31. The van der Waals surface area contributed by atoms with Gasteiger partial charge in [0.15, 0.2) is 17.5 Å². The van der Waals surface area contributed by atoms with Gasteiger partial charge in [-0.25, -0.2) is 15.0 Å². The molecule has 50 heavy (non-hydrogen) atoms. The second-order valence-electron chi connectivity index (χ2n) is 12.4. The number of hydrogen-bond donors (Lipinski definition) is 0. The van der Waals surface area contributed by atoms with Crippen LogP contribution in [0.3, 0.4) is 0 Å². The Bertz CT molecular complexity index is 2850. The summed E-state index contributed by atoms with van der Waals surface area (Å²) >= 11 is 0. The fourth-order valence-corrected chi connectivity index (χ4v) is 6.89. The number of fused-ring (bicyclic) bond motifs is 6. The van der Waals surface area contributed by atoms with Crippen LogP contribution >= 0.6 is 0 Å². The number of benzene rings is 7. The highest BCUT2D eigenvalue weighted by molar-refractivity contribution is 6.14. The molecule has 0 N–H and O–H groups in total. The van der Waals surface area contributed by atoms with Crippen molar-refractivity contribution in [2.24, 2.45) is 0 Å². The molecule has 0 radical (unpaired) electrons. The minimum Gasteiger partial charge on any atom is -0.456 e. The van der Waals surface area contributed by atoms with E-state index in [0.29, 0.717) is 17.5 Å². The van der Waals surface area contributed by atoms with E-state index in [1.54, 1.807) is 0 Å². The second-order valence-corrected chi connectivity index (χ2v) is 12.4. The molecular formula is C45H27N3O2. The molecule has 5 heteroatoms. The van der Waals surface area contributed by atoms with Gasteiger partial charge in [0.25, 0.3) is 0 Å². The molecule has 7 aromatic carbocycles. The van der Waals surface area contributed by atoms with Crippen molar-refractivity contribution in [2.45, 2.75) is 0 Å². The molecule has 3 heterocycles. The molecule has 0 aliphatic rings. The predicted octanol–water partition coefficient (Wildman–Crippen LogP) is 12.0. The van der Waals surface area contributed by atoms with Gasteiger partial charge in [0.05, 0.1) is 0 Å². The van der Waals surface area contributed by atoms with Crippen LogP contribution in [0, 0.1) is 0 Å². The van der Waals surface area contributed by atoms with E-state index in [1.807, 2.05) is 66.7 Å². The standard InChI is InChI=1S/C45H27N3O2/c1-3-10-28(11-4-1)29-18-20-31(21-19-29)44-46-43(30-12-5-2-6-13-30)47-45(48-44)33-22-24-35-37-26-32(23-25-39(37)50-41(35)27-33)34-15-9-17-40-42(34)36-14-7-8-16-38(36)49-40/h1-27H. The molecule has 5 nitrogen and oxygen atoms in total. The maximum atomic E-state index is 6.44. The van der Waals surface area contributed by atoms with Crippen molar-refractivity contribution in [3.63, 3.8) is 0 Å². The minimum absolute atomic E-state index is 0.586. The van der Waals surface area contributed by atoms with E-state index < -0.39 is 0 Å². The van der Waals surface area contributed by atoms with Gasteiger partial charge in [0.1, 0.15) is 22.3 Å². The zero-order chi connectivity index (χ0) is 33.0. The largest absolute Gasteiger partial charge is 0.456 e. The molecule has 0 atom stereocenters. The molecule has 0 amide bonds. The summed E-state index contributed by atoms with van der Waals surface area (Å²) in [7, 11) is 0. The summed E-state index contributed by atoms with van der Waals surface area (Å²) in [6.07, 6.45) is 0. The van der Waals surface area contributed by atoms with Crippen molar-refractivity contribution in [3.8, 4) is 56.4 Å². The van der Waals surface area contributed by atoms with Gasteiger partial charge in [-0.05, 0) is 58.7 Å². The van der Waals surface area contributed by atoms with Crippen molar-refractivity contribution >= 4 is 43.9 Å². The van der Waals surface area contributed by atoms with Crippen LogP contribution in [0.5, 0.6) is 0 Å². The Hall–Kier alpha value is -6.85. The van der Waals surface area contributed by atoms with Crippen LogP contribution in [0.25, 0.3) is 100 Å². The van der Waals surface area contributed by atoms with Crippen LogP contribution in [0.4, 0.5) is 0 Å². The normalized spacial score (nSPS) is 11.6. The van der Waals surface area contributed by atoms with Gasteiger partial charge in [-0.15, -0.1) is 0 Å². The first-order chi connectivity index (χ1) is 24.7. The molecule has 0 spiro atoms. The lowest BCUT2D eigenvalue weighted by Crippen LogP contribution is -2.00. The van der Waals surface area contributed by atoms with E-state index in [4.69, 9.17) is 23.8 Å². The molecule has 10 aromatic rings. The van der Waals surface area contributed by atoms with Crippen molar-refractivity contribution in [2.75, 3.05) is 0 Å². The van der Waals surface area contributed by atoms with Crippen LogP contribution in [-0.2, 0) is 0 Å². The van der Waals surface area contributed by atoms with Crippen LogP contribution in [0.2, 0.25) is 0 Å². The van der Waals surface area contributed by atoms with Crippen LogP contribution < -0.4 is 0 Å². The van der Waals surface area contributed by atoms with E-state index in [1.165, 1.54) is 5.56 Å². The quantitative estimate of drug-likeness (QED) is 0.187. The van der Waals surface area contributed by atoms with Gasteiger partial charge in [0, 0.05) is 38.2 Å². The summed E-state index contributed by atoms with van der Waals surface area (Å²) < 4.78 is 12.6. The van der Waals surface area contributed by atoms with Crippen molar-refractivity contribution < 1.29 is 8.83 Å². The SMILES string of the molecule is c1ccc(-c2ccc(-c3nc(-c4ccccc4)nc(-c4ccc5c(c4)oc4ccc(-c6cccc7oc8ccccc8c67)cc45)n3)cc2)cc1. The number of furan rings is 2. The number of nitrogens with zero attached hydrogens (tertiary/aromatic N) is 3. The predicted molar refractivity (Wildman–Crippen MR) is 202 cm³/mol. The van der Waals surface area contributed by atoms with Gasteiger partial charge in [-0.1, -0.05) is 127 Å². The second kappa shape index (κ2) is 11.4. The molecule has 0 aliphatic carbocycles. The fourth-order valence-electron chi connectivity index (χ4n) is 6.89. The van der Waals surface area contributed by atoms with Crippen LogP contribution in [0.1, 0.15) is 0 Å². The van der Waals surface area contributed by atoms with Crippen molar-refractivity contribution in [1.82, 2.24) is 15.0 Å². The summed E-state index contributed by atoms with van der Waals surface area (Å²) in [5.41, 5.74) is 10.6. The molecule has 0 saturated carbocycles. The Morgan fingerprint density at radius 3 is 1.62 bits per heavy atom. The summed E-state index contributed by atoms with van der Waals surface area (Å²) in [5.74, 6) is 1.82. The topological polar surface area (TPSA) is 65.0 Å². The Morgan fingerprint density at radius 2 is 0.840 bits per heavy atom. The molecule has 0 bridgehead atoms. The van der Waals surface area contributed by atoms with Gasteiger partial charge < -0.3 is 8.83 Å². The Kier molecular flexibility index (Phi) is 6.42. The third-order valence-corrected chi connectivity index (χ3v) is 9.36. The van der Waals surface area contributed by atoms with E-state index in [-0.39, 0.29) is 0 Å². The highest BCUT2D eigenvalue weighted by atomic mass is 16.3. The van der Waals surface area contributed by atoms with E-state index in [2.05, 4.69) is 97.1 Å². The molecule has 234 valence electrons. The summed E-state index contributed by atoms with van der Waals surface area (Å²) in [4.78, 5) is 14.9. The van der Waals surface area contributed by atoms with Gasteiger partial charge in [0.2, 0.25) is 0 Å². The first-order valence-electron chi connectivity index (χ1n) is 16.6. The molecular weight excluding hydrogens is 615 g/mol. The van der Waals surface area contributed by atoms with Crippen molar-refractivity contribution in [3.05, 3.63) is 164 Å². The lowest BCUT2D eigenvalue weighted by atomic mass is 9.98. The highest BCUT2D eigenvalue weighted by Gasteiger charge is 2.17. The van der Waals surface area contributed by atoms with Crippen LogP contribution in [0.15, 0.2) is 173 Å². The lowest BCUT2D eigenvalue weighted by Gasteiger charge is -2.09. The maximum absolute atomic E-state index is 6.44. The van der Waals surface area contributed by atoms with E-state index >= 15 is 0 Å². The summed E-state index contributed by atoms with van der Waals surface area (Å²) in [6.45, 7) is 0. The zero-order valence-corrected chi connectivity index (χ0v) is 26.7. The number of para-hydroxylation sites is 1. The third kappa shape index (κ3) is 4.75. The minimum atomic E-state index is 0.586. The average molecular weight is 642 g/mol. The number of rotatable bonds is 5. The maximum Gasteiger partial charge on any atom is 0.164 e. The molecule has 0 saturated heterocycles. The molecule has 0 aliphatic heterocycles. The molecule has 0 unspecified atom stereocenters. The molecule has 10 rings (SSSR count). The number of hydrogen-bond acceptors (Lipinski definition) is 5. The van der Waals surface area contributed by atoms with Gasteiger partial charge in [-0.3, -0.25) is 0 Å². The molecule has 0 fully saturated rings. The van der Waals surface area contributed by atoms with E-state index in [9.17, 15) is 0 Å². The first-order valence-corrected chi connectivity index (χ1v) is 16.6. The monoisotopic (exact) mass is 641 g/mol. The zero-order valence-electron chi connectivity index (χ0n) is 26.7. The molecule has 3 aromatic heterocycles. The number of aromatic nitrogens is 3. The highest BCUT2D eigenvalue weighted by Crippen LogP contribution is 2.40. The third-order valence-electron chi connectivity index (χ3n) is 9.36. The van der Waals surface area contributed by atoms with Crippen LogP contribution in [-0.4, -0.2) is 15.0 Å². The fraction of sp³-hybridized carbons (Fsp3) is 0. The van der Waals surface area contributed by atoms with Gasteiger partial charge >= 0.3 is 0 Å². The van der Waals surface area contributed by atoms with Crippen molar-refractivity contribution in [1.29, 1.82) is 0 Å². The Labute approximate surface area is 287 Å². The Balaban J connectivity index is 1.08. The van der Waals surface area contributed by atoms with Gasteiger partial charge in [-0.2, -0.15) is 0 Å². The first kappa shape index (κ1) is 28.2. The lowest BCUT2D eigenvalue weighted by molar-refractivity contribution is 0.669. The summed E-state index contributed by atoms with van der Waals surface area (Å²) in [6, 6.07) is 55.8. The average Bonchev–Trinajstić information content (AvgIpc) is 3.76. The Morgan fingerprint density at radius 1 is 0.300 bits per heavy atom. The smallest absolute Gasteiger partial charge is 0.164 e. The van der Waals surface area contributed by atoms with E-state index in [0.717, 1.165) is 77.3 Å².